The molecule has 0 radical (unpaired) electrons. The Morgan fingerprint density at radius 1 is 1.38 bits per heavy atom. The lowest BCUT2D eigenvalue weighted by molar-refractivity contribution is 0.0267. The van der Waals surface area contributed by atoms with Crippen molar-refractivity contribution in [1.82, 2.24) is 5.32 Å². The molecule has 0 spiro atoms. The fourth-order valence-corrected chi connectivity index (χ4v) is 3.17. The summed E-state index contributed by atoms with van der Waals surface area (Å²) in [5.74, 6) is -0.0302. The molecule has 1 aromatic rings. The number of carbonyl (C=O) groups excluding carboxylic acids is 1. The van der Waals surface area contributed by atoms with Crippen LogP contribution in [-0.4, -0.2) is 31.2 Å². The molecular weight excluding hydrogens is 379 g/mol. The smallest absolute Gasteiger partial charge is 0.252 e. The summed E-state index contributed by atoms with van der Waals surface area (Å²) in [6.07, 6.45) is 4.45. The van der Waals surface area contributed by atoms with Crippen LogP contribution in [0.25, 0.3) is 0 Å². The largest absolute Gasteiger partial charge is 0.376 e. The number of ether oxygens (including phenoxy) is 1. The summed E-state index contributed by atoms with van der Waals surface area (Å²) in [4.78, 5) is 12.1. The van der Waals surface area contributed by atoms with Crippen LogP contribution in [0.1, 0.15) is 41.6 Å². The molecule has 0 unspecified atom stereocenters. The van der Waals surface area contributed by atoms with Gasteiger partial charge in [-0.05, 0) is 66.8 Å². The Morgan fingerprint density at radius 3 is 2.81 bits per heavy atom. The van der Waals surface area contributed by atoms with Crippen molar-refractivity contribution in [3.05, 3.63) is 32.9 Å². The van der Waals surface area contributed by atoms with E-state index in [0.29, 0.717) is 25.3 Å². The second-order valence-corrected chi connectivity index (χ2v) is 6.68. The first-order valence-corrected chi connectivity index (χ1v) is 8.56. The SMILES string of the molecule is Cc1cccc(C(=O)NCCOC2CCC(N)CC2)c1I. The van der Waals surface area contributed by atoms with Crippen molar-refractivity contribution in [2.24, 2.45) is 5.73 Å². The second-order valence-electron chi connectivity index (χ2n) is 5.60. The number of benzene rings is 1. The van der Waals surface area contributed by atoms with E-state index in [1.54, 1.807) is 0 Å². The molecule has 1 amide bonds. The predicted octanol–water partition coefficient (Wildman–Crippen LogP) is 2.62. The Morgan fingerprint density at radius 2 is 2.10 bits per heavy atom. The minimum atomic E-state index is -0.0302. The molecule has 5 heteroatoms. The normalized spacial score (nSPS) is 22.0. The van der Waals surface area contributed by atoms with E-state index in [4.69, 9.17) is 10.5 Å². The maximum atomic E-state index is 12.1. The van der Waals surface area contributed by atoms with Crippen molar-refractivity contribution >= 4 is 28.5 Å². The molecule has 0 saturated heterocycles. The van der Waals surface area contributed by atoms with Gasteiger partial charge in [-0.3, -0.25) is 4.79 Å². The second kappa shape index (κ2) is 8.10. The van der Waals surface area contributed by atoms with E-state index in [1.165, 1.54) is 0 Å². The molecule has 1 aliphatic carbocycles. The minimum absolute atomic E-state index is 0.0302. The van der Waals surface area contributed by atoms with Crippen molar-refractivity contribution in [1.29, 1.82) is 0 Å². The first kappa shape index (κ1) is 16.7. The summed E-state index contributed by atoms with van der Waals surface area (Å²) < 4.78 is 6.81. The maximum Gasteiger partial charge on any atom is 0.252 e. The zero-order valence-electron chi connectivity index (χ0n) is 12.4. The van der Waals surface area contributed by atoms with Gasteiger partial charge in [0, 0.05) is 16.2 Å². The number of amides is 1. The van der Waals surface area contributed by atoms with Gasteiger partial charge in [-0.25, -0.2) is 0 Å². The lowest BCUT2D eigenvalue weighted by Gasteiger charge is -2.26. The highest BCUT2D eigenvalue weighted by molar-refractivity contribution is 14.1. The average Bonchev–Trinajstić information content (AvgIpc) is 2.48. The minimum Gasteiger partial charge on any atom is -0.376 e. The lowest BCUT2D eigenvalue weighted by Crippen LogP contribution is -2.33. The van der Waals surface area contributed by atoms with E-state index >= 15 is 0 Å². The van der Waals surface area contributed by atoms with Gasteiger partial charge < -0.3 is 15.8 Å². The van der Waals surface area contributed by atoms with Crippen LogP contribution in [0.5, 0.6) is 0 Å². The number of halogens is 1. The Balaban J connectivity index is 1.71. The molecule has 3 N–H and O–H groups in total. The summed E-state index contributed by atoms with van der Waals surface area (Å²) in [6.45, 7) is 3.12. The highest BCUT2D eigenvalue weighted by Crippen LogP contribution is 2.19. The van der Waals surface area contributed by atoms with Gasteiger partial charge in [0.15, 0.2) is 0 Å². The molecule has 0 atom stereocenters. The van der Waals surface area contributed by atoms with Crippen LogP contribution in [0.4, 0.5) is 0 Å². The van der Waals surface area contributed by atoms with Crippen LogP contribution in [0.3, 0.4) is 0 Å². The van der Waals surface area contributed by atoms with Gasteiger partial charge in [0.05, 0.1) is 18.3 Å². The number of carbonyl (C=O) groups is 1. The molecule has 1 aromatic carbocycles. The van der Waals surface area contributed by atoms with Gasteiger partial charge in [-0.2, -0.15) is 0 Å². The van der Waals surface area contributed by atoms with Crippen LogP contribution in [0, 0.1) is 10.5 Å². The van der Waals surface area contributed by atoms with Gasteiger partial charge >= 0.3 is 0 Å². The molecular formula is C16H23IN2O2. The lowest BCUT2D eigenvalue weighted by atomic mass is 9.94. The quantitative estimate of drug-likeness (QED) is 0.588. The Labute approximate surface area is 140 Å². The van der Waals surface area contributed by atoms with E-state index in [0.717, 1.165) is 40.4 Å². The summed E-state index contributed by atoms with van der Waals surface area (Å²) >= 11 is 2.21. The van der Waals surface area contributed by atoms with E-state index in [2.05, 4.69) is 27.9 Å². The van der Waals surface area contributed by atoms with E-state index in [9.17, 15) is 4.79 Å². The standard InChI is InChI=1S/C16H23IN2O2/c1-11-3-2-4-14(15(11)17)16(20)19-9-10-21-13-7-5-12(18)6-8-13/h2-4,12-13H,5-10,18H2,1H3,(H,19,20). The molecule has 21 heavy (non-hydrogen) atoms. The third kappa shape index (κ3) is 4.93. The van der Waals surface area contributed by atoms with Gasteiger partial charge in [0.25, 0.3) is 5.91 Å². The van der Waals surface area contributed by atoms with Crippen LogP contribution < -0.4 is 11.1 Å². The average molecular weight is 402 g/mol. The summed E-state index contributed by atoms with van der Waals surface area (Å²) in [6, 6.07) is 6.12. The number of aryl methyl sites for hydroxylation is 1. The van der Waals surface area contributed by atoms with Crippen LogP contribution in [0.2, 0.25) is 0 Å². The third-order valence-electron chi connectivity index (χ3n) is 3.90. The van der Waals surface area contributed by atoms with Crippen molar-refractivity contribution in [2.75, 3.05) is 13.2 Å². The topological polar surface area (TPSA) is 64.3 Å². The van der Waals surface area contributed by atoms with Crippen LogP contribution in [0.15, 0.2) is 18.2 Å². The van der Waals surface area contributed by atoms with Crippen molar-refractivity contribution in [3.8, 4) is 0 Å². The molecule has 0 aliphatic heterocycles. The third-order valence-corrected chi connectivity index (χ3v) is 5.33. The summed E-state index contributed by atoms with van der Waals surface area (Å²) in [5.41, 5.74) is 7.73. The van der Waals surface area contributed by atoms with Crippen LogP contribution >= 0.6 is 22.6 Å². The molecule has 116 valence electrons. The molecule has 0 heterocycles. The molecule has 0 aromatic heterocycles. The molecule has 0 bridgehead atoms. The zero-order valence-corrected chi connectivity index (χ0v) is 14.6. The summed E-state index contributed by atoms with van der Waals surface area (Å²) in [7, 11) is 0. The van der Waals surface area contributed by atoms with E-state index in [-0.39, 0.29) is 5.91 Å². The van der Waals surface area contributed by atoms with Gasteiger partial charge in [-0.1, -0.05) is 12.1 Å². The van der Waals surface area contributed by atoms with E-state index in [1.807, 2.05) is 25.1 Å². The first-order chi connectivity index (χ1) is 10.1. The highest BCUT2D eigenvalue weighted by atomic mass is 127. The monoisotopic (exact) mass is 402 g/mol. The van der Waals surface area contributed by atoms with Gasteiger partial charge in [0.2, 0.25) is 0 Å². The molecule has 4 nitrogen and oxygen atoms in total. The maximum absolute atomic E-state index is 12.1. The van der Waals surface area contributed by atoms with Crippen molar-refractivity contribution in [2.45, 2.75) is 44.8 Å². The Bertz CT molecular complexity index is 485. The van der Waals surface area contributed by atoms with Crippen molar-refractivity contribution in [3.63, 3.8) is 0 Å². The number of nitrogens with two attached hydrogens (primary N) is 1. The first-order valence-electron chi connectivity index (χ1n) is 7.48. The number of nitrogens with one attached hydrogen (secondary N) is 1. The van der Waals surface area contributed by atoms with Crippen molar-refractivity contribution < 1.29 is 9.53 Å². The van der Waals surface area contributed by atoms with Crippen LogP contribution in [-0.2, 0) is 4.74 Å². The van der Waals surface area contributed by atoms with E-state index < -0.39 is 0 Å². The molecule has 1 saturated carbocycles. The zero-order chi connectivity index (χ0) is 15.2. The fraction of sp³-hybridized carbons (Fsp3) is 0.562. The number of hydrogen-bond donors (Lipinski definition) is 2. The highest BCUT2D eigenvalue weighted by Gasteiger charge is 2.18. The predicted molar refractivity (Wildman–Crippen MR) is 92.4 cm³/mol. The summed E-state index contributed by atoms with van der Waals surface area (Å²) in [5, 5.41) is 2.92. The molecule has 1 fully saturated rings. The Kier molecular flexibility index (Phi) is 6.44. The molecule has 1 aliphatic rings. The number of rotatable bonds is 5. The van der Waals surface area contributed by atoms with Gasteiger partial charge in [-0.15, -0.1) is 0 Å². The fourth-order valence-electron chi connectivity index (χ4n) is 2.56. The van der Waals surface area contributed by atoms with Gasteiger partial charge in [0.1, 0.15) is 0 Å². The Hall–Kier alpha value is -0.660. The number of hydrogen-bond acceptors (Lipinski definition) is 3. The molecule has 2 rings (SSSR count).